The summed E-state index contributed by atoms with van der Waals surface area (Å²) in [6.45, 7) is 10.5. The van der Waals surface area contributed by atoms with E-state index in [-0.39, 0.29) is 24.0 Å². The number of aromatic amines is 1. The Labute approximate surface area is 174 Å². The van der Waals surface area contributed by atoms with Crippen LogP contribution in [0.4, 0.5) is 0 Å². The zero-order valence-electron chi connectivity index (χ0n) is 16.1. The molecule has 1 aliphatic rings. The average molecular weight is 469 g/mol. The van der Waals surface area contributed by atoms with E-state index in [2.05, 4.69) is 71.6 Å². The number of rotatable bonds is 5. The number of fused-ring (bicyclic) bond motifs is 1. The molecule has 2 aromatic rings. The minimum absolute atomic E-state index is 0. The van der Waals surface area contributed by atoms with Gasteiger partial charge in [-0.05, 0) is 51.1 Å². The van der Waals surface area contributed by atoms with Gasteiger partial charge in [0.2, 0.25) is 0 Å². The second kappa shape index (κ2) is 10.2. The van der Waals surface area contributed by atoms with E-state index < -0.39 is 0 Å². The van der Waals surface area contributed by atoms with E-state index in [0.29, 0.717) is 18.6 Å². The topological polar surface area (TPSA) is 55.5 Å². The molecule has 0 atom stereocenters. The van der Waals surface area contributed by atoms with E-state index in [1.54, 1.807) is 0 Å². The molecule has 1 saturated heterocycles. The highest BCUT2D eigenvalue weighted by Crippen LogP contribution is 2.15. The van der Waals surface area contributed by atoms with Gasteiger partial charge in [0.1, 0.15) is 0 Å². The van der Waals surface area contributed by atoms with E-state index >= 15 is 0 Å². The van der Waals surface area contributed by atoms with Gasteiger partial charge in [-0.15, -0.1) is 24.0 Å². The molecule has 26 heavy (non-hydrogen) atoms. The van der Waals surface area contributed by atoms with Crippen molar-refractivity contribution in [1.29, 1.82) is 0 Å². The molecule has 0 radical (unpaired) electrons. The number of benzene rings is 1. The van der Waals surface area contributed by atoms with E-state index in [1.807, 2.05) is 0 Å². The number of hydrogen-bond acceptors (Lipinski definition) is 2. The first-order chi connectivity index (χ1) is 12.2. The highest BCUT2D eigenvalue weighted by atomic mass is 127. The molecule has 0 unspecified atom stereocenters. The van der Waals surface area contributed by atoms with Gasteiger partial charge in [-0.1, -0.05) is 18.2 Å². The fourth-order valence-electron chi connectivity index (χ4n) is 3.46. The molecule has 5 nitrogen and oxygen atoms in total. The predicted octanol–water partition coefficient (Wildman–Crippen LogP) is 3.71. The number of aromatic nitrogens is 1. The molecular weight excluding hydrogens is 437 g/mol. The summed E-state index contributed by atoms with van der Waals surface area (Å²) in [6, 6.07) is 11.7. The fourth-order valence-corrected chi connectivity index (χ4v) is 3.46. The molecule has 0 bridgehead atoms. The predicted molar refractivity (Wildman–Crippen MR) is 121 cm³/mol. The Morgan fingerprint density at radius 1 is 1.27 bits per heavy atom. The number of guanidine groups is 1. The summed E-state index contributed by atoms with van der Waals surface area (Å²) < 4.78 is 0. The van der Waals surface area contributed by atoms with Crippen LogP contribution in [0.15, 0.2) is 35.3 Å². The molecule has 3 N–H and O–H groups in total. The Morgan fingerprint density at radius 2 is 2.00 bits per heavy atom. The second-order valence-corrected chi connectivity index (χ2v) is 7.13. The van der Waals surface area contributed by atoms with Gasteiger partial charge in [0.15, 0.2) is 5.96 Å². The van der Waals surface area contributed by atoms with Gasteiger partial charge in [-0.3, -0.25) is 0 Å². The molecule has 2 heterocycles. The minimum Gasteiger partial charge on any atom is -0.357 e. The van der Waals surface area contributed by atoms with Crippen molar-refractivity contribution < 1.29 is 0 Å². The third kappa shape index (κ3) is 5.61. The maximum absolute atomic E-state index is 4.78. The molecular formula is C20H32IN5. The van der Waals surface area contributed by atoms with Crippen molar-refractivity contribution in [1.82, 2.24) is 20.5 Å². The lowest BCUT2D eigenvalue weighted by Crippen LogP contribution is -2.49. The molecule has 144 valence electrons. The highest BCUT2D eigenvalue weighted by Gasteiger charge is 2.21. The monoisotopic (exact) mass is 469 g/mol. The zero-order valence-corrected chi connectivity index (χ0v) is 18.4. The first kappa shape index (κ1) is 21.0. The molecule has 3 rings (SSSR count). The van der Waals surface area contributed by atoms with Crippen molar-refractivity contribution in [3.05, 3.63) is 36.0 Å². The van der Waals surface area contributed by atoms with E-state index in [1.165, 1.54) is 23.7 Å². The summed E-state index contributed by atoms with van der Waals surface area (Å²) in [6.07, 6.45) is 2.35. The summed E-state index contributed by atoms with van der Waals surface area (Å²) in [5.41, 5.74) is 2.32. The number of H-pyrrole nitrogens is 1. The third-order valence-corrected chi connectivity index (χ3v) is 4.94. The molecule has 0 saturated carbocycles. The SMILES string of the molecule is CCNC(=NCc1cc2ccccc2[nH]1)NC1CCN(C(C)C)CC1.I. The lowest BCUT2D eigenvalue weighted by atomic mass is 10.0. The van der Waals surface area contributed by atoms with Crippen LogP contribution in [-0.2, 0) is 6.54 Å². The van der Waals surface area contributed by atoms with Crippen LogP contribution in [0.3, 0.4) is 0 Å². The molecule has 1 aromatic heterocycles. The highest BCUT2D eigenvalue weighted by molar-refractivity contribution is 14.0. The summed E-state index contributed by atoms with van der Waals surface area (Å²) in [4.78, 5) is 10.8. The summed E-state index contributed by atoms with van der Waals surface area (Å²) in [7, 11) is 0. The lowest BCUT2D eigenvalue weighted by molar-refractivity contribution is 0.167. The van der Waals surface area contributed by atoms with E-state index in [4.69, 9.17) is 4.99 Å². The second-order valence-electron chi connectivity index (χ2n) is 7.13. The van der Waals surface area contributed by atoms with Gasteiger partial charge in [0.05, 0.1) is 6.54 Å². The van der Waals surface area contributed by atoms with Crippen LogP contribution in [0.1, 0.15) is 39.3 Å². The Hall–Kier alpha value is -1.28. The number of para-hydroxylation sites is 1. The van der Waals surface area contributed by atoms with Crippen molar-refractivity contribution in [2.45, 2.75) is 52.2 Å². The molecule has 0 amide bonds. The van der Waals surface area contributed by atoms with Crippen LogP contribution >= 0.6 is 24.0 Å². The standard InChI is InChI=1S/C20H31N5.HI/c1-4-21-20(24-17-9-11-25(12-10-17)15(2)3)22-14-18-13-16-7-5-6-8-19(16)23-18;/h5-8,13,15,17,23H,4,9-12,14H2,1-3H3,(H2,21,22,24);1H. The first-order valence-electron chi connectivity index (χ1n) is 9.51. The maximum atomic E-state index is 4.78. The number of hydrogen-bond donors (Lipinski definition) is 3. The van der Waals surface area contributed by atoms with E-state index in [0.717, 1.165) is 31.3 Å². The van der Waals surface area contributed by atoms with Crippen LogP contribution in [0.2, 0.25) is 0 Å². The molecule has 0 spiro atoms. The van der Waals surface area contributed by atoms with E-state index in [9.17, 15) is 0 Å². The van der Waals surface area contributed by atoms with Gasteiger partial charge < -0.3 is 20.5 Å². The largest absolute Gasteiger partial charge is 0.357 e. The zero-order chi connectivity index (χ0) is 17.6. The lowest BCUT2D eigenvalue weighted by Gasteiger charge is -2.35. The number of nitrogens with one attached hydrogen (secondary N) is 3. The van der Waals surface area contributed by atoms with Crippen molar-refractivity contribution in [3.63, 3.8) is 0 Å². The van der Waals surface area contributed by atoms with Crippen LogP contribution in [0, 0.1) is 0 Å². The molecule has 6 heteroatoms. The number of likely N-dealkylation sites (tertiary alicyclic amines) is 1. The third-order valence-electron chi connectivity index (χ3n) is 4.94. The van der Waals surface area contributed by atoms with Crippen molar-refractivity contribution in [2.75, 3.05) is 19.6 Å². The fraction of sp³-hybridized carbons (Fsp3) is 0.550. The van der Waals surface area contributed by atoms with Crippen LogP contribution in [-0.4, -0.2) is 47.6 Å². The number of piperidine rings is 1. The van der Waals surface area contributed by atoms with Gasteiger partial charge in [-0.2, -0.15) is 0 Å². The molecule has 1 aliphatic heterocycles. The van der Waals surface area contributed by atoms with Gasteiger partial charge in [-0.25, -0.2) is 4.99 Å². The smallest absolute Gasteiger partial charge is 0.191 e. The Balaban J connectivity index is 0.00000243. The van der Waals surface area contributed by atoms with Gasteiger partial charge in [0.25, 0.3) is 0 Å². The summed E-state index contributed by atoms with van der Waals surface area (Å²) >= 11 is 0. The molecule has 1 fully saturated rings. The van der Waals surface area contributed by atoms with Crippen molar-refractivity contribution >= 4 is 40.8 Å². The summed E-state index contributed by atoms with van der Waals surface area (Å²) in [5, 5.41) is 8.24. The first-order valence-corrected chi connectivity index (χ1v) is 9.51. The van der Waals surface area contributed by atoms with Crippen molar-refractivity contribution in [3.8, 4) is 0 Å². The average Bonchev–Trinajstić information content (AvgIpc) is 3.03. The quantitative estimate of drug-likeness (QED) is 0.356. The summed E-state index contributed by atoms with van der Waals surface area (Å²) in [5.74, 6) is 0.921. The molecule has 1 aromatic carbocycles. The minimum atomic E-state index is 0. The number of halogens is 1. The Bertz CT molecular complexity index is 668. The maximum Gasteiger partial charge on any atom is 0.191 e. The van der Waals surface area contributed by atoms with Gasteiger partial charge >= 0.3 is 0 Å². The van der Waals surface area contributed by atoms with Crippen LogP contribution in [0.25, 0.3) is 10.9 Å². The number of nitrogens with zero attached hydrogens (tertiary/aromatic N) is 2. The van der Waals surface area contributed by atoms with Crippen LogP contribution in [0.5, 0.6) is 0 Å². The normalized spacial score (nSPS) is 16.7. The Morgan fingerprint density at radius 3 is 2.65 bits per heavy atom. The molecule has 0 aliphatic carbocycles. The van der Waals surface area contributed by atoms with Gasteiger partial charge in [0, 0.05) is 42.9 Å². The Kier molecular flexibility index (Phi) is 8.21. The number of aliphatic imine (C=N–C) groups is 1. The van der Waals surface area contributed by atoms with Crippen LogP contribution < -0.4 is 10.6 Å². The van der Waals surface area contributed by atoms with Crippen molar-refractivity contribution in [2.24, 2.45) is 4.99 Å².